The Morgan fingerprint density at radius 2 is 1.88 bits per heavy atom. The Morgan fingerprint density at radius 3 is 2.46 bits per heavy atom. The van der Waals surface area contributed by atoms with Crippen LogP contribution in [0.5, 0.6) is 0 Å². The van der Waals surface area contributed by atoms with Crippen molar-refractivity contribution in [3.63, 3.8) is 0 Å². The second-order valence-electron chi connectivity index (χ2n) is 5.07. The Kier molecular flexibility index (Phi) is 7.01. The van der Waals surface area contributed by atoms with Gasteiger partial charge >= 0.3 is 0 Å². The van der Waals surface area contributed by atoms with Gasteiger partial charge in [0.15, 0.2) is 0 Å². The summed E-state index contributed by atoms with van der Waals surface area (Å²) in [6.45, 7) is 4.14. The van der Waals surface area contributed by atoms with Crippen LogP contribution in [0, 0.1) is 31.1 Å². The summed E-state index contributed by atoms with van der Waals surface area (Å²) in [5.74, 6) is 2.61. The summed E-state index contributed by atoms with van der Waals surface area (Å²) >= 11 is 0. The van der Waals surface area contributed by atoms with Crippen LogP contribution >= 0.6 is 0 Å². The third kappa shape index (κ3) is 4.60. The maximum Gasteiger partial charge on any atom is 0.0995 e. The topological polar surface area (TPSA) is 39.4 Å². The van der Waals surface area contributed by atoms with Crippen LogP contribution in [-0.4, -0.2) is 18.3 Å². The standard InChI is InChI=1S/C20H17N3.CH3/c1-4-16-6-8-17(9-7-16)18-10-11-19(13-21)20(12-18)14-23(3)15-22-5-2;/h1,5-12,15H,2,14H2,3H3;1H3. The molecule has 0 atom stereocenters. The zero-order chi connectivity index (χ0) is 16.7. The molecule has 119 valence electrons. The van der Waals surface area contributed by atoms with Crippen molar-refractivity contribution in [2.75, 3.05) is 7.05 Å². The molecule has 0 bridgehead atoms. The summed E-state index contributed by atoms with van der Waals surface area (Å²) in [6.07, 6.45) is 8.54. The van der Waals surface area contributed by atoms with Crippen molar-refractivity contribution >= 4 is 6.34 Å². The van der Waals surface area contributed by atoms with E-state index in [9.17, 15) is 5.26 Å². The molecule has 0 heterocycles. The van der Waals surface area contributed by atoms with Gasteiger partial charge in [-0.05, 0) is 41.0 Å². The van der Waals surface area contributed by atoms with Crippen LogP contribution in [0.1, 0.15) is 16.7 Å². The number of hydrogen-bond acceptors (Lipinski definition) is 2. The second-order valence-corrected chi connectivity index (χ2v) is 5.07. The largest absolute Gasteiger partial charge is 0.361 e. The van der Waals surface area contributed by atoms with Crippen LogP contribution in [0.3, 0.4) is 0 Å². The van der Waals surface area contributed by atoms with Crippen molar-refractivity contribution in [1.29, 1.82) is 5.26 Å². The normalized spacial score (nSPS) is 9.62. The van der Waals surface area contributed by atoms with E-state index in [-0.39, 0.29) is 7.43 Å². The Hall–Kier alpha value is -3.30. The van der Waals surface area contributed by atoms with Crippen LogP contribution < -0.4 is 0 Å². The van der Waals surface area contributed by atoms with Gasteiger partial charge in [0.2, 0.25) is 0 Å². The molecule has 0 saturated carbocycles. The molecule has 1 radical (unpaired) electrons. The molecule has 0 saturated heterocycles. The highest BCUT2D eigenvalue weighted by molar-refractivity contribution is 5.67. The van der Waals surface area contributed by atoms with Gasteiger partial charge in [0.25, 0.3) is 0 Å². The molecule has 0 fully saturated rings. The molecule has 3 nitrogen and oxygen atoms in total. The van der Waals surface area contributed by atoms with Crippen molar-refractivity contribution in [2.24, 2.45) is 4.99 Å². The molecule has 2 rings (SSSR count). The maximum absolute atomic E-state index is 9.30. The van der Waals surface area contributed by atoms with E-state index in [1.54, 1.807) is 6.34 Å². The summed E-state index contributed by atoms with van der Waals surface area (Å²) in [7, 11) is 1.91. The van der Waals surface area contributed by atoms with E-state index in [4.69, 9.17) is 6.42 Å². The third-order valence-electron chi connectivity index (χ3n) is 3.40. The number of aliphatic imine (C=N–C) groups is 1. The average molecular weight is 314 g/mol. The minimum absolute atomic E-state index is 0. The fourth-order valence-electron chi connectivity index (χ4n) is 2.24. The van der Waals surface area contributed by atoms with E-state index in [1.807, 2.05) is 54.4 Å². The van der Waals surface area contributed by atoms with Gasteiger partial charge in [0, 0.05) is 25.4 Å². The van der Waals surface area contributed by atoms with Crippen molar-refractivity contribution in [2.45, 2.75) is 6.54 Å². The van der Waals surface area contributed by atoms with E-state index >= 15 is 0 Å². The summed E-state index contributed by atoms with van der Waals surface area (Å²) in [4.78, 5) is 5.89. The highest BCUT2D eigenvalue weighted by Crippen LogP contribution is 2.23. The van der Waals surface area contributed by atoms with Crippen LogP contribution in [0.15, 0.2) is 60.2 Å². The predicted octanol–water partition coefficient (Wildman–Crippen LogP) is 4.26. The fraction of sp³-hybridized carbons (Fsp3) is 0.0952. The van der Waals surface area contributed by atoms with Crippen LogP contribution in [-0.2, 0) is 6.54 Å². The quantitative estimate of drug-likeness (QED) is 0.470. The third-order valence-corrected chi connectivity index (χ3v) is 3.40. The summed E-state index contributed by atoms with van der Waals surface area (Å²) in [5, 5.41) is 9.30. The lowest BCUT2D eigenvalue weighted by Gasteiger charge is -2.15. The van der Waals surface area contributed by atoms with E-state index in [1.165, 1.54) is 6.20 Å². The lowest BCUT2D eigenvalue weighted by atomic mass is 9.98. The molecular formula is C21H20N3. The predicted molar refractivity (Wildman–Crippen MR) is 101 cm³/mol. The molecule has 0 aromatic heterocycles. The molecule has 2 aromatic carbocycles. The minimum Gasteiger partial charge on any atom is -0.361 e. The van der Waals surface area contributed by atoms with Crippen molar-refractivity contribution in [3.8, 4) is 29.5 Å². The number of benzene rings is 2. The van der Waals surface area contributed by atoms with Crippen LogP contribution in [0.2, 0.25) is 0 Å². The minimum atomic E-state index is 0. The Labute approximate surface area is 144 Å². The molecule has 0 aliphatic heterocycles. The van der Waals surface area contributed by atoms with E-state index in [0.717, 1.165) is 22.3 Å². The molecule has 0 spiro atoms. The van der Waals surface area contributed by atoms with Gasteiger partial charge in [-0.1, -0.05) is 38.1 Å². The SMILES string of the molecule is C#Cc1ccc(-c2ccc(C#N)c(CN(C)C=NC=C)c2)cc1.[CH3]. The second kappa shape index (κ2) is 8.98. The van der Waals surface area contributed by atoms with Gasteiger partial charge in [-0.2, -0.15) is 5.26 Å². The smallest absolute Gasteiger partial charge is 0.0995 e. The molecule has 0 aliphatic rings. The molecule has 2 aromatic rings. The van der Waals surface area contributed by atoms with Crippen molar-refractivity contribution in [3.05, 3.63) is 79.4 Å². The van der Waals surface area contributed by atoms with Gasteiger partial charge in [-0.25, -0.2) is 4.99 Å². The number of nitriles is 1. The monoisotopic (exact) mass is 314 g/mol. The average Bonchev–Trinajstić information content (AvgIpc) is 2.60. The Bertz CT molecular complexity index is 802. The number of rotatable bonds is 5. The first-order valence-electron chi connectivity index (χ1n) is 7.12. The first-order valence-corrected chi connectivity index (χ1v) is 7.12. The highest BCUT2D eigenvalue weighted by Gasteiger charge is 2.07. The van der Waals surface area contributed by atoms with Crippen molar-refractivity contribution < 1.29 is 0 Å². The van der Waals surface area contributed by atoms with Crippen molar-refractivity contribution in [1.82, 2.24) is 4.90 Å². The molecule has 24 heavy (non-hydrogen) atoms. The summed E-state index contributed by atoms with van der Waals surface area (Å²) in [6, 6.07) is 15.9. The fourth-order valence-corrected chi connectivity index (χ4v) is 2.24. The lowest BCUT2D eigenvalue weighted by molar-refractivity contribution is 0.515. The zero-order valence-corrected chi connectivity index (χ0v) is 14.0. The molecule has 0 N–H and O–H groups in total. The lowest BCUT2D eigenvalue weighted by Crippen LogP contribution is -2.16. The van der Waals surface area contributed by atoms with Gasteiger partial charge in [0.05, 0.1) is 18.0 Å². The molecule has 0 amide bonds. The first kappa shape index (κ1) is 18.7. The van der Waals surface area contributed by atoms with E-state index in [0.29, 0.717) is 12.1 Å². The number of nitrogens with zero attached hydrogens (tertiary/aromatic N) is 3. The number of hydrogen-bond donors (Lipinski definition) is 0. The first-order chi connectivity index (χ1) is 11.2. The molecule has 0 aliphatic carbocycles. The van der Waals surface area contributed by atoms with Gasteiger partial charge in [0.1, 0.15) is 0 Å². The van der Waals surface area contributed by atoms with E-state index in [2.05, 4.69) is 23.6 Å². The molecule has 0 unspecified atom stereocenters. The Balaban J connectivity index is 0.00000288. The Morgan fingerprint density at radius 1 is 1.21 bits per heavy atom. The molecule has 3 heteroatoms. The maximum atomic E-state index is 9.30. The summed E-state index contributed by atoms with van der Waals surface area (Å²) < 4.78 is 0. The summed E-state index contributed by atoms with van der Waals surface area (Å²) in [5.41, 5.74) is 4.58. The van der Waals surface area contributed by atoms with Crippen LogP contribution in [0.4, 0.5) is 0 Å². The highest BCUT2D eigenvalue weighted by atomic mass is 15.1. The van der Waals surface area contributed by atoms with Gasteiger partial charge in [-0.15, -0.1) is 6.42 Å². The zero-order valence-electron chi connectivity index (χ0n) is 14.0. The van der Waals surface area contributed by atoms with Crippen LogP contribution in [0.25, 0.3) is 11.1 Å². The number of terminal acetylenes is 1. The van der Waals surface area contributed by atoms with Gasteiger partial charge < -0.3 is 4.90 Å². The molecular weight excluding hydrogens is 294 g/mol. The van der Waals surface area contributed by atoms with Gasteiger partial charge in [-0.3, -0.25) is 0 Å². The van der Waals surface area contributed by atoms with E-state index < -0.39 is 0 Å².